The van der Waals surface area contributed by atoms with Crippen LogP contribution in [0.25, 0.3) is 0 Å². The number of esters is 1. The van der Waals surface area contributed by atoms with Gasteiger partial charge in [0.05, 0.1) is 0 Å². The predicted octanol–water partition coefficient (Wildman–Crippen LogP) is -1.76. The van der Waals surface area contributed by atoms with Crippen LogP contribution in [-0.4, -0.2) is 70.5 Å². The lowest BCUT2D eigenvalue weighted by atomic mass is 10.0. The molecule has 0 bridgehead atoms. The zero-order valence-corrected chi connectivity index (χ0v) is 14.2. The van der Waals surface area contributed by atoms with E-state index in [1.54, 1.807) is 0 Å². The summed E-state index contributed by atoms with van der Waals surface area (Å²) in [6, 6.07) is -0.772. The van der Waals surface area contributed by atoms with Crippen LogP contribution in [0.2, 0.25) is 0 Å². The number of carbonyl (C=O) groups is 2. The van der Waals surface area contributed by atoms with Crippen LogP contribution in [-0.2, 0) is 19.1 Å². The van der Waals surface area contributed by atoms with E-state index in [0.29, 0.717) is 0 Å². The lowest BCUT2D eigenvalue weighted by Crippen LogP contribution is -2.47. The van der Waals surface area contributed by atoms with Crippen LogP contribution in [0.15, 0.2) is 17.5 Å². The van der Waals surface area contributed by atoms with Crippen molar-refractivity contribution in [3.05, 3.63) is 12.4 Å². The molecule has 5 N–H and O–H groups in total. The molecule has 0 aliphatic carbocycles. The van der Waals surface area contributed by atoms with E-state index in [1.807, 2.05) is 13.8 Å². The maximum absolute atomic E-state index is 11.9. The van der Waals surface area contributed by atoms with E-state index in [4.69, 9.17) is 15.2 Å². The number of hydrazone groups is 1. The van der Waals surface area contributed by atoms with Gasteiger partial charge in [0.2, 0.25) is 0 Å². The maximum atomic E-state index is 11.9. The molecular formula is C15H24N4O6. The molecule has 0 aromatic heterocycles. The second-order valence-corrected chi connectivity index (χ2v) is 6.11. The monoisotopic (exact) mass is 356 g/mol. The number of amides is 1. The molecule has 10 heteroatoms. The molecule has 0 radical (unpaired) electrons. The van der Waals surface area contributed by atoms with Crippen molar-refractivity contribution < 1.29 is 29.3 Å². The molecule has 2 aliphatic heterocycles. The van der Waals surface area contributed by atoms with Crippen molar-refractivity contribution in [2.75, 3.05) is 6.61 Å². The van der Waals surface area contributed by atoms with Crippen LogP contribution < -0.4 is 11.1 Å². The molecule has 1 amide bonds. The number of carbonyl (C=O) groups excluding carboxylic acids is 2. The highest BCUT2D eigenvalue weighted by Gasteiger charge is 2.47. The fourth-order valence-corrected chi connectivity index (χ4v) is 2.45. The summed E-state index contributed by atoms with van der Waals surface area (Å²) in [5, 5.41) is 27.6. The Morgan fingerprint density at radius 3 is 2.84 bits per heavy atom. The van der Waals surface area contributed by atoms with Crippen molar-refractivity contribution in [1.29, 1.82) is 0 Å². The number of ether oxygens (including phenoxy) is 2. The number of rotatable bonds is 6. The first-order chi connectivity index (χ1) is 11.8. The van der Waals surface area contributed by atoms with E-state index in [-0.39, 0.29) is 18.3 Å². The van der Waals surface area contributed by atoms with E-state index in [9.17, 15) is 19.8 Å². The SMILES string of the molecule is C=C1NC(=O)C=NN1[C@@H]1O[C@H](COC(=O)[C@H](N)[C@@H](C)CC)C(O)[C@@H]1O. The lowest BCUT2D eigenvalue weighted by Gasteiger charge is -2.30. The van der Waals surface area contributed by atoms with Crippen molar-refractivity contribution in [2.45, 2.75) is 50.8 Å². The van der Waals surface area contributed by atoms with Gasteiger partial charge < -0.3 is 30.7 Å². The molecule has 0 spiro atoms. The van der Waals surface area contributed by atoms with Gasteiger partial charge in [0, 0.05) is 0 Å². The molecule has 6 atom stereocenters. The normalized spacial score (nSPS) is 31.6. The van der Waals surface area contributed by atoms with Crippen LogP contribution in [0.3, 0.4) is 0 Å². The van der Waals surface area contributed by atoms with Gasteiger partial charge in [-0.2, -0.15) is 5.10 Å². The summed E-state index contributed by atoms with van der Waals surface area (Å²) >= 11 is 0. The predicted molar refractivity (Wildman–Crippen MR) is 86.7 cm³/mol. The summed E-state index contributed by atoms with van der Waals surface area (Å²) in [6.45, 7) is 7.08. The number of nitrogens with one attached hydrogen (secondary N) is 1. The molecule has 0 aromatic carbocycles. The largest absolute Gasteiger partial charge is 0.462 e. The fraction of sp³-hybridized carbons (Fsp3) is 0.667. The number of nitrogens with zero attached hydrogens (tertiary/aromatic N) is 2. The summed E-state index contributed by atoms with van der Waals surface area (Å²) in [5.74, 6) is -1.01. The Morgan fingerprint density at radius 1 is 1.56 bits per heavy atom. The van der Waals surface area contributed by atoms with Gasteiger partial charge in [-0.05, 0) is 5.92 Å². The van der Waals surface area contributed by atoms with Gasteiger partial charge in [0.15, 0.2) is 6.23 Å². The smallest absolute Gasteiger partial charge is 0.323 e. The minimum Gasteiger partial charge on any atom is -0.462 e. The third kappa shape index (κ3) is 4.15. The van der Waals surface area contributed by atoms with Crippen molar-refractivity contribution in [1.82, 2.24) is 10.3 Å². The Hall–Kier alpha value is -2.01. The third-order valence-electron chi connectivity index (χ3n) is 4.34. The van der Waals surface area contributed by atoms with Crippen molar-refractivity contribution in [2.24, 2.45) is 16.8 Å². The van der Waals surface area contributed by atoms with Gasteiger partial charge in [-0.15, -0.1) is 0 Å². The summed E-state index contributed by atoms with van der Waals surface area (Å²) in [6.07, 6.45) is -2.97. The minimum atomic E-state index is -1.34. The third-order valence-corrected chi connectivity index (χ3v) is 4.34. The van der Waals surface area contributed by atoms with Gasteiger partial charge in [-0.3, -0.25) is 9.59 Å². The Kier molecular flexibility index (Phi) is 6.11. The summed E-state index contributed by atoms with van der Waals surface area (Å²) < 4.78 is 10.6. The molecule has 2 rings (SSSR count). The number of aliphatic hydroxyl groups excluding tert-OH is 2. The molecule has 10 nitrogen and oxygen atoms in total. The molecule has 2 heterocycles. The Bertz CT molecular complexity index is 568. The van der Waals surface area contributed by atoms with Crippen LogP contribution >= 0.6 is 0 Å². The van der Waals surface area contributed by atoms with Gasteiger partial charge in [0.25, 0.3) is 5.91 Å². The van der Waals surface area contributed by atoms with Crippen LogP contribution in [0.5, 0.6) is 0 Å². The van der Waals surface area contributed by atoms with Crippen molar-refractivity contribution >= 4 is 18.1 Å². The van der Waals surface area contributed by atoms with Gasteiger partial charge in [-0.25, -0.2) is 5.01 Å². The lowest BCUT2D eigenvalue weighted by molar-refractivity contribution is -0.154. The second kappa shape index (κ2) is 7.91. The Labute approximate surface area is 145 Å². The van der Waals surface area contributed by atoms with Crippen LogP contribution in [0, 0.1) is 5.92 Å². The highest BCUT2D eigenvalue weighted by molar-refractivity contribution is 6.27. The zero-order chi connectivity index (χ0) is 18.7. The summed E-state index contributed by atoms with van der Waals surface area (Å²) in [7, 11) is 0. The molecule has 1 fully saturated rings. The number of hydrogen-bond donors (Lipinski definition) is 4. The Balaban J connectivity index is 1.96. The molecule has 140 valence electrons. The zero-order valence-electron chi connectivity index (χ0n) is 14.2. The Morgan fingerprint density at radius 2 is 2.24 bits per heavy atom. The fourth-order valence-electron chi connectivity index (χ4n) is 2.45. The number of aliphatic hydroxyl groups is 2. The molecule has 0 aromatic rings. The van der Waals surface area contributed by atoms with Crippen LogP contribution in [0.4, 0.5) is 0 Å². The van der Waals surface area contributed by atoms with E-state index in [0.717, 1.165) is 17.6 Å². The minimum absolute atomic E-state index is 0.0464. The van der Waals surface area contributed by atoms with Crippen molar-refractivity contribution in [3.63, 3.8) is 0 Å². The number of hydrogen-bond acceptors (Lipinski definition) is 9. The standard InChI is InChI=1S/C15H24N4O6/c1-4-7(2)11(16)15(23)24-6-9-12(21)13(22)14(25-9)19-8(3)18-10(20)5-17-19/h5,7,9,11-14,21-22H,3-4,6,16H2,1-2H3,(H,18,20)/t7-,9+,11+,12?,13-,14+/m0/s1. The van der Waals surface area contributed by atoms with Crippen molar-refractivity contribution in [3.8, 4) is 0 Å². The van der Waals surface area contributed by atoms with E-state index >= 15 is 0 Å². The molecule has 1 unspecified atom stereocenters. The molecule has 0 saturated carbocycles. The summed E-state index contributed by atoms with van der Waals surface area (Å²) in [4.78, 5) is 23.1. The molecule has 1 saturated heterocycles. The van der Waals surface area contributed by atoms with Gasteiger partial charge in [-0.1, -0.05) is 26.8 Å². The quantitative estimate of drug-likeness (QED) is 0.409. The first-order valence-electron chi connectivity index (χ1n) is 8.03. The average Bonchev–Trinajstić information content (AvgIpc) is 2.86. The first kappa shape index (κ1) is 19.3. The summed E-state index contributed by atoms with van der Waals surface area (Å²) in [5.41, 5.74) is 5.79. The number of nitrogens with two attached hydrogens (primary N) is 1. The molecular weight excluding hydrogens is 332 g/mol. The maximum Gasteiger partial charge on any atom is 0.323 e. The highest BCUT2D eigenvalue weighted by atomic mass is 16.6. The average molecular weight is 356 g/mol. The highest BCUT2D eigenvalue weighted by Crippen LogP contribution is 2.27. The molecule has 2 aliphatic rings. The molecule has 25 heavy (non-hydrogen) atoms. The van der Waals surface area contributed by atoms with E-state index in [1.165, 1.54) is 0 Å². The van der Waals surface area contributed by atoms with E-state index in [2.05, 4.69) is 17.0 Å². The topological polar surface area (TPSA) is 147 Å². The first-order valence-corrected chi connectivity index (χ1v) is 8.03. The van der Waals surface area contributed by atoms with Crippen LogP contribution in [0.1, 0.15) is 20.3 Å². The van der Waals surface area contributed by atoms with E-state index < -0.39 is 42.5 Å². The van der Waals surface area contributed by atoms with Gasteiger partial charge in [0.1, 0.15) is 43.0 Å². The second-order valence-electron chi connectivity index (χ2n) is 6.11. The van der Waals surface area contributed by atoms with Gasteiger partial charge >= 0.3 is 5.97 Å².